The second-order valence-corrected chi connectivity index (χ2v) is 4.61. The van der Waals surface area contributed by atoms with Crippen LogP contribution in [-0.2, 0) is 16.1 Å². The zero-order valence-electron chi connectivity index (χ0n) is 10.4. The van der Waals surface area contributed by atoms with E-state index in [1.54, 1.807) is 0 Å². The quantitative estimate of drug-likeness (QED) is 0.758. The van der Waals surface area contributed by atoms with Crippen molar-refractivity contribution in [3.05, 3.63) is 34.9 Å². The lowest BCUT2D eigenvalue weighted by Gasteiger charge is -2.23. The lowest BCUT2D eigenvalue weighted by Crippen LogP contribution is -2.31. The Bertz CT molecular complexity index is 381. The van der Waals surface area contributed by atoms with Crippen molar-refractivity contribution < 1.29 is 9.53 Å². The lowest BCUT2D eigenvalue weighted by atomic mass is 10.1. The van der Waals surface area contributed by atoms with Crippen molar-refractivity contribution in [1.82, 2.24) is 4.90 Å². The number of hydrogen-bond donors (Lipinski definition) is 0. The fourth-order valence-corrected chi connectivity index (χ4v) is 1.77. The number of benzene rings is 1. The van der Waals surface area contributed by atoms with Crippen LogP contribution < -0.4 is 0 Å². The summed E-state index contributed by atoms with van der Waals surface area (Å²) in [5.74, 6) is -0.185. The molecule has 0 saturated carbocycles. The van der Waals surface area contributed by atoms with Gasteiger partial charge < -0.3 is 4.74 Å². The summed E-state index contributed by atoms with van der Waals surface area (Å²) in [7, 11) is 3.39. The summed E-state index contributed by atoms with van der Waals surface area (Å²) in [6.45, 7) is 2.76. The number of carbonyl (C=O) groups excluding carboxylic acids is 1. The van der Waals surface area contributed by atoms with Gasteiger partial charge in [-0.1, -0.05) is 23.7 Å². The van der Waals surface area contributed by atoms with Crippen LogP contribution in [0.4, 0.5) is 0 Å². The average Bonchev–Trinajstić information content (AvgIpc) is 2.28. The molecule has 0 spiro atoms. The summed E-state index contributed by atoms with van der Waals surface area (Å²) in [6, 6.07) is 7.87. The van der Waals surface area contributed by atoms with E-state index < -0.39 is 0 Å². The number of carbonyl (C=O) groups is 1. The van der Waals surface area contributed by atoms with Gasteiger partial charge in [-0.05, 0) is 31.7 Å². The maximum atomic E-state index is 11.2. The van der Waals surface area contributed by atoms with E-state index >= 15 is 0 Å². The predicted octanol–water partition coefficient (Wildman–Crippen LogP) is 2.72. The zero-order chi connectivity index (χ0) is 12.8. The number of hydrogen-bond acceptors (Lipinski definition) is 3. The summed E-state index contributed by atoms with van der Waals surface area (Å²) < 4.78 is 4.65. The highest BCUT2D eigenvalue weighted by molar-refractivity contribution is 6.30. The maximum absolute atomic E-state index is 11.2. The smallest absolute Gasteiger partial charge is 0.307 e. The van der Waals surface area contributed by atoms with Crippen molar-refractivity contribution in [3.8, 4) is 0 Å². The molecule has 0 bridgehead atoms. The molecule has 0 heterocycles. The van der Waals surface area contributed by atoms with Crippen LogP contribution in [0.1, 0.15) is 18.9 Å². The summed E-state index contributed by atoms with van der Waals surface area (Å²) >= 11 is 5.92. The fourth-order valence-electron chi connectivity index (χ4n) is 1.56. The second kappa shape index (κ2) is 6.62. The molecule has 0 amide bonds. The molecule has 0 aliphatic rings. The molecule has 0 fully saturated rings. The van der Waals surface area contributed by atoms with E-state index in [9.17, 15) is 4.79 Å². The minimum atomic E-state index is -0.185. The van der Waals surface area contributed by atoms with E-state index in [0.29, 0.717) is 6.42 Å². The van der Waals surface area contributed by atoms with Gasteiger partial charge in [0, 0.05) is 17.6 Å². The Morgan fingerprint density at radius 2 is 2.24 bits per heavy atom. The molecule has 0 radical (unpaired) electrons. The maximum Gasteiger partial charge on any atom is 0.307 e. The first-order chi connectivity index (χ1) is 8.02. The molecular formula is C13H18ClNO2. The molecule has 1 aromatic rings. The highest BCUT2D eigenvalue weighted by Crippen LogP contribution is 2.14. The Balaban J connectivity index is 2.53. The average molecular weight is 256 g/mol. The van der Waals surface area contributed by atoms with Gasteiger partial charge in [0.1, 0.15) is 0 Å². The number of rotatable bonds is 5. The number of ether oxygens (including phenoxy) is 1. The normalized spacial score (nSPS) is 12.5. The van der Waals surface area contributed by atoms with E-state index in [1.165, 1.54) is 7.11 Å². The molecule has 1 rings (SSSR count). The minimum Gasteiger partial charge on any atom is -0.469 e. The van der Waals surface area contributed by atoms with Crippen LogP contribution in [0.15, 0.2) is 24.3 Å². The molecule has 0 aliphatic heterocycles. The Hall–Kier alpha value is -1.06. The summed E-state index contributed by atoms with van der Waals surface area (Å²) in [6.07, 6.45) is 0.396. The SMILES string of the molecule is COC(=O)CC(C)N(C)Cc1cccc(Cl)c1. The summed E-state index contributed by atoms with van der Waals surface area (Å²) in [5, 5.41) is 0.733. The largest absolute Gasteiger partial charge is 0.469 e. The zero-order valence-corrected chi connectivity index (χ0v) is 11.2. The Morgan fingerprint density at radius 3 is 2.82 bits per heavy atom. The van der Waals surface area contributed by atoms with Crippen molar-refractivity contribution >= 4 is 17.6 Å². The van der Waals surface area contributed by atoms with Gasteiger partial charge in [0.25, 0.3) is 0 Å². The lowest BCUT2D eigenvalue weighted by molar-refractivity contribution is -0.141. The monoisotopic (exact) mass is 255 g/mol. The molecule has 0 saturated heterocycles. The Kier molecular flexibility index (Phi) is 5.45. The third-order valence-corrected chi connectivity index (χ3v) is 3.00. The first kappa shape index (κ1) is 14.0. The summed E-state index contributed by atoms with van der Waals surface area (Å²) in [4.78, 5) is 13.3. The number of halogens is 1. The van der Waals surface area contributed by atoms with Gasteiger partial charge in [-0.25, -0.2) is 0 Å². The van der Waals surface area contributed by atoms with Crippen molar-refractivity contribution in [1.29, 1.82) is 0 Å². The molecule has 4 heteroatoms. The van der Waals surface area contributed by atoms with Gasteiger partial charge in [-0.3, -0.25) is 9.69 Å². The molecular weight excluding hydrogens is 238 g/mol. The van der Waals surface area contributed by atoms with E-state index in [2.05, 4.69) is 9.64 Å². The fraction of sp³-hybridized carbons (Fsp3) is 0.462. The molecule has 1 atom stereocenters. The van der Waals surface area contributed by atoms with Crippen molar-refractivity contribution in [2.75, 3.05) is 14.2 Å². The predicted molar refractivity (Wildman–Crippen MR) is 69.0 cm³/mol. The van der Waals surface area contributed by atoms with Crippen LogP contribution in [-0.4, -0.2) is 31.1 Å². The molecule has 0 aliphatic carbocycles. The van der Waals surface area contributed by atoms with Crippen molar-refractivity contribution in [2.24, 2.45) is 0 Å². The van der Waals surface area contributed by atoms with Gasteiger partial charge in [0.05, 0.1) is 13.5 Å². The van der Waals surface area contributed by atoms with Crippen LogP contribution in [0.2, 0.25) is 5.02 Å². The molecule has 0 aromatic heterocycles. The van der Waals surface area contributed by atoms with Gasteiger partial charge in [-0.2, -0.15) is 0 Å². The second-order valence-electron chi connectivity index (χ2n) is 4.17. The first-order valence-corrected chi connectivity index (χ1v) is 5.92. The molecule has 17 heavy (non-hydrogen) atoms. The van der Waals surface area contributed by atoms with Crippen molar-refractivity contribution in [3.63, 3.8) is 0 Å². The van der Waals surface area contributed by atoms with E-state index in [0.717, 1.165) is 17.1 Å². The van der Waals surface area contributed by atoms with Crippen LogP contribution in [0.5, 0.6) is 0 Å². The number of nitrogens with zero attached hydrogens (tertiary/aromatic N) is 1. The van der Waals surface area contributed by atoms with Crippen LogP contribution in [0.25, 0.3) is 0 Å². The van der Waals surface area contributed by atoms with Gasteiger partial charge >= 0.3 is 5.97 Å². The van der Waals surface area contributed by atoms with Gasteiger partial charge in [0.15, 0.2) is 0 Å². The van der Waals surface area contributed by atoms with Gasteiger partial charge in [0.2, 0.25) is 0 Å². The molecule has 94 valence electrons. The molecule has 1 unspecified atom stereocenters. The van der Waals surface area contributed by atoms with Crippen LogP contribution in [0.3, 0.4) is 0 Å². The topological polar surface area (TPSA) is 29.5 Å². The standard InChI is InChI=1S/C13H18ClNO2/c1-10(7-13(16)17-3)15(2)9-11-5-4-6-12(14)8-11/h4-6,8,10H,7,9H2,1-3H3. The Morgan fingerprint density at radius 1 is 1.53 bits per heavy atom. The minimum absolute atomic E-state index is 0.140. The highest BCUT2D eigenvalue weighted by Gasteiger charge is 2.14. The Labute approximate surface area is 107 Å². The molecule has 0 N–H and O–H groups in total. The van der Waals surface area contributed by atoms with E-state index in [4.69, 9.17) is 11.6 Å². The van der Waals surface area contributed by atoms with Gasteiger partial charge in [-0.15, -0.1) is 0 Å². The third kappa shape index (κ3) is 4.75. The first-order valence-electron chi connectivity index (χ1n) is 5.54. The number of esters is 1. The van der Waals surface area contributed by atoms with Crippen LogP contribution in [0, 0.1) is 0 Å². The van der Waals surface area contributed by atoms with Crippen LogP contribution >= 0.6 is 11.6 Å². The molecule has 1 aromatic carbocycles. The third-order valence-electron chi connectivity index (χ3n) is 2.76. The summed E-state index contributed by atoms with van der Waals surface area (Å²) in [5.41, 5.74) is 1.14. The number of methoxy groups -OCH3 is 1. The van der Waals surface area contributed by atoms with E-state index in [1.807, 2.05) is 38.2 Å². The van der Waals surface area contributed by atoms with E-state index in [-0.39, 0.29) is 12.0 Å². The molecule has 3 nitrogen and oxygen atoms in total. The van der Waals surface area contributed by atoms with Crippen molar-refractivity contribution in [2.45, 2.75) is 25.9 Å². The highest BCUT2D eigenvalue weighted by atomic mass is 35.5.